The lowest BCUT2D eigenvalue weighted by Gasteiger charge is -2.35. The Morgan fingerprint density at radius 1 is 0.917 bits per heavy atom. The highest BCUT2D eigenvalue weighted by molar-refractivity contribution is 5.86. The number of carboxylic acid groups (broad SMARTS) is 1. The number of carboxylic acids is 1. The van der Waals surface area contributed by atoms with Crippen molar-refractivity contribution in [1.82, 2.24) is 15.1 Å². The highest BCUT2D eigenvalue weighted by Crippen LogP contribution is 2.25. The number of piperidine rings is 1. The smallest absolute Gasteiger partial charge is 0.326 e. The molecule has 0 aromatic heterocycles. The van der Waals surface area contributed by atoms with Gasteiger partial charge in [-0.25, -0.2) is 9.59 Å². The molecule has 2 N–H and O–H groups in total. The molecular weight excluding hydrogens is 310 g/mol. The molecule has 0 bridgehead atoms. The Morgan fingerprint density at radius 3 is 2.33 bits per heavy atom. The van der Waals surface area contributed by atoms with Gasteiger partial charge in [-0.15, -0.1) is 0 Å². The third-order valence-electron chi connectivity index (χ3n) is 5.56. The summed E-state index contributed by atoms with van der Waals surface area (Å²) in [5.41, 5.74) is 0. The van der Waals surface area contributed by atoms with Crippen LogP contribution in [0.15, 0.2) is 0 Å². The second-order valence-electron chi connectivity index (χ2n) is 7.24. The Balaban J connectivity index is 1.57. The highest BCUT2D eigenvalue weighted by atomic mass is 16.4. The van der Waals surface area contributed by atoms with Gasteiger partial charge >= 0.3 is 12.0 Å². The van der Waals surface area contributed by atoms with Crippen LogP contribution in [-0.4, -0.2) is 64.5 Å². The fraction of sp³-hybridized carbons (Fsp3) is 0.824. The molecule has 134 valence electrons. The molecule has 3 rings (SSSR count). The number of carbonyl (C=O) groups is 3. The van der Waals surface area contributed by atoms with Crippen LogP contribution in [0.1, 0.15) is 51.4 Å². The summed E-state index contributed by atoms with van der Waals surface area (Å²) in [6, 6.07) is -0.501. The largest absolute Gasteiger partial charge is 0.480 e. The first kappa shape index (κ1) is 17.0. The van der Waals surface area contributed by atoms with Crippen LogP contribution in [0.5, 0.6) is 0 Å². The van der Waals surface area contributed by atoms with E-state index in [1.54, 1.807) is 4.90 Å². The minimum absolute atomic E-state index is 0.0735. The molecule has 0 aromatic carbocycles. The number of hydrogen-bond donors (Lipinski definition) is 2. The maximum Gasteiger partial charge on any atom is 0.326 e. The van der Waals surface area contributed by atoms with Crippen molar-refractivity contribution >= 4 is 17.9 Å². The van der Waals surface area contributed by atoms with Crippen LogP contribution < -0.4 is 5.32 Å². The van der Waals surface area contributed by atoms with Gasteiger partial charge in [-0.3, -0.25) is 4.79 Å². The second kappa shape index (κ2) is 7.40. The van der Waals surface area contributed by atoms with Crippen molar-refractivity contribution in [3.8, 4) is 0 Å². The topological polar surface area (TPSA) is 90.0 Å². The van der Waals surface area contributed by atoms with Gasteiger partial charge in [-0.1, -0.05) is 12.8 Å². The SMILES string of the molecule is O=C(O)[C@@H]1CCCN1C(=O)C1CCCN(C(=O)NC2CCCC2)C1. The molecule has 1 unspecified atom stereocenters. The highest BCUT2D eigenvalue weighted by Gasteiger charge is 2.39. The predicted molar refractivity (Wildman–Crippen MR) is 87.5 cm³/mol. The maximum atomic E-state index is 12.7. The monoisotopic (exact) mass is 337 g/mol. The molecule has 1 saturated carbocycles. The summed E-state index contributed by atoms with van der Waals surface area (Å²) in [5, 5.41) is 12.3. The number of nitrogens with one attached hydrogen (secondary N) is 1. The molecular formula is C17H27N3O4. The standard InChI is InChI=1S/C17H27N3O4/c21-15(20-10-4-8-14(20)16(22)23)12-5-3-9-19(11-12)17(24)18-13-6-1-2-7-13/h12-14H,1-11H2,(H,18,24)(H,22,23)/t12?,14-/m0/s1. The van der Waals surface area contributed by atoms with Gasteiger partial charge in [-0.05, 0) is 38.5 Å². The summed E-state index contributed by atoms with van der Waals surface area (Å²) in [5.74, 6) is -1.29. The zero-order valence-electron chi connectivity index (χ0n) is 14.1. The molecule has 0 aromatic rings. The minimum Gasteiger partial charge on any atom is -0.480 e. The van der Waals surface area contributed by atoms with E-state index < -0.39 is 12.0 Å². The number of carbonyl (C=O) groups excluding carboxylic acids is 2. The van der Waals surface area contributed by atoms with E-state index in [0.717, 1.165) is 44.9 Å². The first-order valence-electron chi connectivity index (χ1n) is 9.15. The van der Waals surface area contributed by atoms with Crippen molar-refractivity contribution in [2.45, 2.75) is 63.5 Å². The van der Waals surface area contributed by atoms with Gasteiger partial charge in [0.15, 0.2) is 0 Å². The molecule has 2 saturated heterocycles. The van der Waals surface area contributed by atoms with Crippen molar-refractivity contribution in [2.24, 2.45) is 5.92 Å². The lowest BCUT2D eigenvalue weighted by molar-refractivity contribution is -0.150. The van der Waals surface area contributed by atoms with Gasteiger partial charge in [0, 0.05) is 25.7 Å². The van der Waals surface area contributed by atoms with Gasteiger partial charge in [0.1, 0.15) is 6.04 Å². The normalized spacial score (nSPS) is 28.2. The average molecular weight is 337 g/mol. The second-order valence-corrected chi connectivity index (χ2v) is 7.24. The lowest BCUT2D eigenvalue weighted by atomic mass is 9.96. The average Bonchev–Trinajstić information content (AvgIpc) is 3.25. The molecule has 0 spiro atoms. The Labute approximate surface area is 142 Å². The molecule has 3 amide bonds. The van der Waals surface area contributed by atoms with Gasteiger partial charge in [0.2, 0.25) is 5.91 Å². The van der Waals surface area contributed by atoms with E-state index in [1.807, 2.05) is 0 Å². The number of amides is 3. The van der Waals surface area contributed by atoms with E-state index in [-0.39, 0.29) is 23.9 Å². The van der Waals surface area contributed by atoms with E-state index in [1.165, 1.54) is 4.90 Å². The number of urea groups is 1. The van der Waals surface area contributed by atoms with Crippen molar-refractivity contribution in [3.63, 3.8) is 0 Å². The molecule has 0 radical (unpaired) electrons. The third kappa shape index (κ3) is 3.65. The Morgan fingerprint density at radius 2 is 1.62 bits per heavy atom. The zero-order valence-corrected chi connectivity index (χ0v) is 14.1. The van der Waals surface area contributed by atoms with Crippen LogP contribution in [0.4, 0.5) is 4.79 Å². The number of rotatable bonds is 3. The van der Waals surface area contributed by atoms with Crippen molar-refractivity contribution in [1.29, 1.82) is 0 Å². The van der Waals surface area contributed by atoms with Gasteiger partial charge in [-0.2, -0.15) is 0 Å². The summed E-state index contributed by atoms with van der Waals surface area (Å²) >= 11 is 0. The van der Waals surface area contributed by atoms with E-state index >= 15 is 0 Å². The Bertz CT molecular complexity index is 504. The van der Waals surface area contributed by atoms with Crippen LogP contribution in [0.25, 0.3) is 0 Å². The third-order valence-corrected chi connectivity index (χ3v) is 5.56. The van der Waals surface area contributed by atoms with E-state index in [4.69, 9.17) is 0 Å². The van der Waals surface area contributed by atoms with E-state index in [2.05, 4.69) is 5.32 Å². The van der Waals surface area contributed by atoms with Crippen molar-refractivity contribution < 1.29 is 19.5 Å². The van der Waals surface area contributed by atoms with Crippen LogP contribution in [-0.2, 0) is 9.59 Å². The molecule has 3 aliphatic rings. The fourth-order valence-electron chi connectivity index (χ4n) is 4.22. The number of hydrogen-bond acceptors (Lipinski definition) is 3. The number of aliphatic carboxylic acids is 1. The Kier molecular flexibility index (Phi) is 5.26. The van der Waals surface area contributed by atoms with Crippen LogP contribution >= 0.6 is 0 Å². The minimum atomic E-state index is -0.924. The number of likely N-dealkylation sites (tertiary alicyclic amines) is 2. The quantitative estimate of drug-likeness (QED) is 0.815. The van der Waals surface area contributed by atoms with Crippen molar-refractivity contribution in [3.05, 3.63) is 0 Å². The molecule has 1 aliphatic carbocycles. The van der Waals surface area contributed by atoms with Gasteiger partial charge < -0.3 is 20.2 Å². The summed E-state index contributed by atoms with van der Waals surface area (Å²) in [4.78, 5) is 39.7. The van der Waals surface area contributed by atoms with Gasteiger partial charge in [0.25, 0.3) is 0 Å². The molecule has 7 heteroatoms. The fourth-order valence-corrected chi connectivity index (χ4v) is 4.22. The van der Waals surface area contributed by atoms with Crippen LogP contribution in [0.3, 0.4) is 0 Å². The zero-order chi connectivity index (χ0) is 17.1. The van der Waals surface area contributed by atoms with E-state index in [9.17, 15) is 19.5 Å². The summed E-state index contributed by atoms with van der Waals surface area (Å²) in [6.07, 6.45) is 7.19. The number of nitrogens with zero attached hydrogens (tertiary/aromatic N) is 2. The molecule has 7 nitrogen and oxygen atoms in total. The lowest BCUT2D eigenvalue weighted by Crippen LogP contribution is -2.52. The predicted octanol–water partition coefficient (Wildman–Crippen LogP) is 1.43. The summed E-state index contributed by atoms with van der Waals surface area (Å²) in [6.45, 7) is 1.59. The van der Waals surface area contributed by atoms with Crippen LogP contribution in [0, 0.1) is 5.92 Å². The summed E-state index contributed by atoms with van der Waals surface area (Å²) in [7, 11) is 0. The molecule has 3 fully saturated rings. The van der Waals surface area contributed by atoms with Crippen LogP contribution in [0.2, 0.25) is 0 Å². The molecule has 24 heavy (non-hydrogen) atoms. The summed E-state index contributed by atoms with van der Waals surface area (Å²) < 4.78 is 0. The molecule has 2 heterocycles. The first-order chi connectivity index (χ1) is 11.6. The molecule has 2 atom stereocenters. The maximum absolute atomic E-state index is 12.7. The van der Waals surface area contributed by atoms with E-state index in [0.29, 0.717) is 26.1 Å². The first-order valence-corrected chi connectivity index (χ1v) is 9.15. The Hall–Kier alpha value is -1.79. The molecule has 2 aliphatic heterocycles. The van der Waals surface area contributed by atoms with Crippen molar-refractivity contribution in [2.75, 3.05) is 19.6 Å². The van der Waals surface area contributed by atoms with Gasteiger partial charge in [0.05, 0.1) is 5.92 Å².